The van der Waals surface area contributed by atoms with Crippen LogP contribution >= 0.6 is 0 Å². The lowest BCUT2D eigenvalue weighted by Gasteiger charge is -2.27. The van der Waals surface area contributed by atoms with Crippen molar-refractivity contribution >= 4 is 0 Å². The first-order valence-corrected chi connectivity index (χ1v) is 5.45. The van der Waals surface area contributed by atoms with Gasteiger partial charge in [-0.15, -0.1) is 0 Å². The van der Waals surface area contributed by atoms with Gasteiger partial charge in [0.25, 0.3) is 6.26 Å². The molecule has 84 valence electrons. The number of ether oxygens (including phenoxy) is 1. The Morgan fingerprint density at radius 2 is 1.29 bits per heavy atom. The maximum Gasteiger partial charge on any atom is 0.287 e. The van der Waals surface area contributed by atoms with Crippen LogP contribution in [-0.4, -0.2) is 0 Å². The zero-order chi connectivity index (χ0) is 12.1. The average molecular weight is 223 g/mol. The Morgan fingerprint density at radius 1 is 0.882 bits per heavy atom. The van der Waals surface area contributed by atoms with Crippen LogP contribution in [0.4, 0.5) is 0 Å². The Balaban J connectivity index is 2.52. The Labute approximate surface area is 101 Å². The second-order valence-electron chi connectivity index (χ2n) is 3.96. The first-order valence-electron chi connectivity index (χ1n) is 5.45. The van der Waals surface area contributed by atoms with Gasteiger partial charge in [-0.3, -0.25) is 0 Å². The van der Waals surface area contributed by atoms with Crippen LogP contribution in [0.15, 0.2) is 60.7 Å². The molecule has 0 radical (unpaired) electrons. The molecule has 0 aliphatic carbocycles. The summed E-state index contributed by atoms with van der Waals surface area (Å²) in [6.45, 7) is 1.90. The van der Waals surface area contributed by atoms with Gasteiger partial charge in [0.05, 0.1) is 0 Å². The smallest absolute Gasteiger partial charge is 0.287 e. The molecule has 0 N–H and O–H groups in total. The minimum atomic E-state index is -0.725. The van der Waals surface area contributed by atoms with Crippen molar-refractivity contribution < 1.29 is 4.74 Å². The standard InChI is InChI=1S/C15H13NO/c1-15(17-12-16,13-8-4-2-5-9-13)14-10-6-3-7-11-14/h2-11H,1H3. The van der Waals surface area contributed by atoms with Gasteiger partial charge in [-0.2, -0.15) is 5.26 Å². The molecule has 0 atom stereocenters. The van der Waals surface area contributed by atoms with E-state index in [9.17, 15) is 0 Å². The lowest BCUT2D eigenvalue weighted by atomic mass is 9.88. The van der Waals surface area contributed by atoms with Crippen molar-refractivity contribution in [3.8, 4) is 6.26 Å². The van der Waals surface area contributed by atoms with Gasteiger partial charge >= 0.3 is 0 Å². The maximum absolute atomic E-state index is 8.85. The molecule has 0 heterocycles. The molecule has 0 bridgehead atoms. The average Bonchev–Trinajstić information content (AvgIpc) is 2.41. The predicted molar refractivity (Wildman–Crippen MR) is 66.0 cm³/mol. The van der Waals surface area contributed by atoms with Gasteiger partial charge in [-0.05, 0) is 6.92 Å². The van der Waals surface area contributed by atoms with E-state index in [-0.39, 0.29) is 0 Å². The van der Waals surface area contributed by atoms with Crippen molar-refractivity contribution in [1.82, 2.24) is 0 Å². The summed E-state index contributed by atoms with van der Waals surface area (Å²) < 4.78 is 5.31. The Morgan fingerprint density at radius 3 is 1.65 bits per heavy atom. The highest BCUT2D eigenvalue weighted by Gasteiger charge is 2.30. The molecule has 0 aliphatic heterocycles. The first-order chi connectivity index (χ1) is 8.27. The van der Waals surface area contributed by atoms with Crippen molar-refractivity contribution in [2.75, 3.05) is 0 Å². The van der Waals surface area contributed by atoms with E-state index in [2.05, 4.69) is 0 Å². The highest BCUT2D eigenvalue weighted by atomic mass is 16.5. The van der Waals surface area contributed by atoms with Crippen molar-refractivity contribution in [3.63, 3.8) is 0 Å². The van der Waals surface area contributed by atoms with Crippen molar-refractivity contribution in [3.05, 3.63) is 71.8 Å². The molecule has 0 spiro atoms. The summed E-state index contributed by atoms with van der Waals surface area (Å²) in [5, 5.41) is 8.85. The fraction of sp³-hybridized carbons (Fsp3) is 0.133. The maximum atomic E-state index is 8.85. The van der Waals surface area contributed by atoms with Gasteiger partial charge in [0, 0.05) is 11.1 Å². The molecule has 0 unspecified atom stereocenters. The summed E-state index contributed by atoms with van der Waals surface area (Å²) in [7, 11) is 0. The first kappa shape index (κ1) is 11.2. The molecule has 2 nitrogen and oxygen atoms in total. The van der Waals surface area contributed by atoms with E-state index in [0.717, 1.165) is 11.1 Å². The van der Waals surface area contributed by atoms with Crippen LogP contribution in [-0.2, 0) is 10.3 Å². The second-order valence-corrected chi connectivity index (χ2v) is 3.96. The van der Waals surface area contributed by atoms with Crippen LogP contribution < -0.4 is 0 Å². The Bertz CT molecular complexity index is 474. The highest BCUT2D eigenvalue weighted by Crippen LogP contribution is 2.32. The predicted octanol–water partition coefficient (Wildman–Crippen LogP) is 3.45. The Hall–Kier alpha value is -2.27. The van der Waals surface area contributed by atoms with E-state index < -0.39 is 5.60 Å². The highest BCUT2D eigenvalue weighted by molar-refractivity contribution is 5.35. The molecule has 0 amide bonds. The molecule has 0 aromatic heterocycles. The largest absolute Gasteiger partial charge is 0.411 e. The van der Waals surface area contributed by atoms with Crippen molar-refractivity contribution in [2.45, 2.75) is 12.5 Å². The molecule has 0 saturated heterocycles. The summed E-state index contributed by atoms with van der Waals surface area (Å²) >= 11 is 0. The molecular formula is C15H13NO. The molecule has 2 rings (SSSR count). The molecule has 2 aromatic carbocycles. The lowest BCUT2D eigenvalue weighted by molar-refractivity contribution is 0.0924. The van der Waals surface area contributed by atoms with Crippen LogP contribution in [0.2, 0.25) is 0 Å². The van der Waals surface area contributed by atoms with Crippen LogP contribution in [0.25, 0.3) is 0 Å². The van der Waals surface area contributed by atoms with Crippen molar-refractivity contribution in [1.29, 1.82) is 5.26 Å². The van der Waals surface area contributed by atoms with Gasteiger partial charge in [0.1, 0.15) is 0 Å². The normalized spacial score (nSPS) is 10.6. The SMILES string of the molecule is CC(OC#N)(c1ccccc1)c1ccccc1. The minimum Gasteiger partial charge on any atom is -0.411 e. The molecule has 2 heteroatoms. The van der Waals surface area contributed by atoms with E-state index >= 15 is 0 Å². The summed E-state index contributed by atoms with van der Waals surface area (Å²) in [5.74, 6) is 0. The molecule has 0 aliphatic rings. The Kier molecular flexibility index (Phi) is 3.11. The second kappa shape index (κ2) is 4.71. The third-order valence-electron chi connectivity index (χ3n) is 2.90. The number of nitrogens with zero attached hydrogens (tertiary/aromatic N) is 1. The fourth-order valence-corrected chi connectivity index (χ4v) is 1.89. The van der Waals surface area contributed by atoms with Crippen LogP contribution in [0, 0.1) is 11.5 Å². The van der Waals surface area contributed by atoms with E-state index in [0.29, 0.717) is 0 Å². The third kappa shape index (κ3) is 2.14. The molecule has 2 aromatic rings. The molecule has 17 heavy (non-hydrogen) atoms. The number of nitriles is 1. The van der Waals surface area contributed by atoms with Gasteiger partial charge in [0.2, 0.25) is 0 Å². The summed E-state index contributed by atoms with van der Waals surface area (Å²) in [6, 6.07) is 19.5. The van der Waals surface area contributed by atoms with E-state index in [4.69, 9.17) is 10.00 Å². The zero-order valence-electron chi connectivity index (χ0n) is 9.63. The van der Waals surface area contributed by atoms with Crippen LogP contribution in [0.1, 0.15) is 18.1 Å². The summed E-state index contributed by atoms with van der Waals surface area (Å²) in [5.41, 5.74) is 1.21. The molecule has 0 fully saturated rings. The molecule has 0 saturated carbocycles. The fourth-order valence-electron chi connectivity index (χ4n) is 1.89. The zero-order valence-corrected chi connectivity index (χ0v) is 9.63. The minimum absolute atomic E-state index is 0.725. The number of hydrogen-bond donors (Lipinski definition) is 0. The van der Waals surface area contributed by atoms with E-state index in [1.54, 1.807) is 6.26 Å². The monoisotopic (exact) mass is 223 g/mol. The van der Waals surface area contributed by atoms with Crippen molar-refractivity contribution in [2.24, 2.45) is 0 Å². The van der Waals surface area contributed by atoms with E-state index in [1.807, 2.05) is 67.6 Å². The quantitative estimate of drug-likeness (QED) is 0.747. The topological polar surface area (TPSA) is 33.0 Å². The number of benzene rings is 2. The number of rotatable bonds is 3. The van der Waals surface area contributed by atoms with Crippen LogP contribution in [0.3, 0.4) is 0 Å². The van der Waals surface area contributed by atoms with E-state index in [1.165, 1.54) is 0 Å². The van der Waals surface area contributed by atoms with Gasteiger partial charge in [0.15, 0.2) is 5.60 Å². The summed E-state index contributed by atoms with van der Waals surface area (Å²) in [4.78, 5) is 0. The van der Waals surface area contributed by atoms with Gasteiger partial charge < -0.3 is 4.74 Å². The lowest BCUT2D eigenvalue weighted by Crippen LogP contribution is -2.25. The van der Waals surface area contributed by atoms with Crippen LogP contribution in [0.5, 0.6) is 0 Å². The van der Waals surface area contributed by atoms with Gasteiger partial charge in [-0.1, -0.05) is 60.7 Å². The third-order valence-corrected chi connectivity index (χ3v) is 2.90. The number of hydrogen-bond acceptors (Lipinski definition) is 2. The summed E-state index contributed by atoms with van der Waals surface area (Å²) in [6.07, 6.45) is 1.81. The molecular weight excluding hydrogens is 210 g/mol. The van der Waals surface area contributed by atoms with Gasteiger partial charge in [-0.25, -0.2) is 0 Å².